The summed E-state index contributed by atoms with van der Waals surface area (Å²) in [6, 6.07) is 10.2. The van der Waals surface area contributed by atoms with Crippen molar-refractivity contribution in [1.29, 1.82) is 0 Å². The summed E-state index contributed by atoms with van der Waals surface area (Å²) in [7, 11) is 0. The third-order valence-electron chi connectivity index (χ3n) is 3.83. The van der Waals surface area contributed by atoms with Crippen LogP contribution in [0.15, 0.2) is 30.3 Å². The van der Waals surface area contributed by atoms with Crippen LogP contribution in [0.1, 0.15) is 32.3 Å². The first-order valence-corrected chi connectivity index (χ1v) is 7.07. The Morgan fingerprint density at radius 3 is 2.58 bits per heavy atom. The zero-order valence-electron chi connectivity index (χ0n) is 11.9. The van der Waals surface area contributed by atoms with Gasteiger partial charge in [0.25, 0.3) is 0 Å². The Morgan fingerprint density at radius 2 is 2.00 bits per heavy atom. The molecule has 3 nitrogen and oxygen atoms in total. The van der Waals surface area contributed by atoms with Gasteiger partial charge >= 0.3 is 0 Å². The highest BCUT2D eigenvalue weighted by molar-refractivity contribution is 5.82. The van der Waals surface area contributed by atoms with Crippen LogP contribution < -0.4 is 11.1 Å². The smallest absolute Gasteiger partial charge is 0.226 e. The van der Waals surface area contributed by atoms with Crippen LogP contribution in [0.2, 0.25) is 0 Å². The van der Waals surface area contributed by atoms with Crippen LogP contribution in [-0.2, 0) is 11.2 Å². The summed E-state index contributed by atoms with van der Waals surface area (Å²) < 4.78 is 0. The van der Waals surface area contributed by atoms with Gasteiger partial charge in [0.05, 0.1) is 0 Å². The maximum Gasteiger partial charge on any atom is 0.226 e. The fraction of sp³-hybridized carbons (Fsp3) is 0.562. The minimum absolute atomic E-state index is 0.0902. The molecule has 1 aromatic carbocycles. The first kappa shape index (κ1) is 14.1. The Morgan fingerprint density at radius 1 is 1.37 bits per heavy atom. The first-order chi connectivity index (χ1) is 8.99. The van der Waals surface area contributed by atoms with E-state index >= 15 is 0 Å². The molecule has 1 amide bonds. The number of hydrogen-bond acceptors (Lipinski definition) is 2. The summed E-state index contributed by atoms with van der Waals surface area (Å²) in [4.78, 5) is 12.2. The average molecular weight is 260 g/mol. The van der Waals surface area contributed by atoms with E-state index in [9.17, 15) is 4.79 Å². The molecule has 2 rings (SSSR count). The van der Waals surface area contributed by atoms with Gasteiger partial charge in [-0.2, -0.15) is 0 Å². The molecular weight excluding hydrogens is 236 g/mol. The first-order valence-electron chi connectivity index (χ1n) is 7.07. The fourth-order valence-corrected chi connectivity index (χ4v) is 2.33. The van der Waals surface area contributed by atoms with E-state index in [1.54, 1.807) is 0 Å². The predicted molar refractivity (Wildman–Crippen MR) is 77.6 cm³/mol. The second kappa shape index (κ2) is 5.74. The minimum atomic E-state index is -0.398. The number of hydrogen-bond donors (Lipinski definition) is 2. The van der Waals surface area contributed by atoms with Gasteiger partial charge in [-0.15, -0.1) is 0 Å². The van der Waals surface area contributed by atoms with Crippen LogP contribution in [0.4, 0.5) is 0 Å². The molecule has 1 saturated carbocycles. The van der Waals surface area contributed by atoms with Crippen LogP contribution in [0.3, 0.4) is 0 Å². The SMILES string of the molecule is CC(C)(Cc1ccccc1)C(=O)NCC(N)C1CC1. The van der Waals surface area contributed by atoms with Crippen molar-refractivity contribution in [3.8, 4) is 0 Å². The summed E-state index contributed by atoms with van der Waals surface area (Å²) in [6.07, 6.45) is 3.17. The molecule has 1 aliphatic rings. The normalized spacial score (nSPS) is 17.0. The van der Waals surface area contributed by atoms with Crippen molar-refractivity contribution in [3.63, 3.8) is 0 Å². The van der Waals surface area contributed by atoms with E-state index in [-0.39, 0.29) is 11.9 Å². The lowest BCUT2D eigenvalue weighted by atomic mass is 9.84. The van der Waals surface area contributed by atoms with E-state index in [4.69, 9.17) is 5.73 Å². The van der Waals surface area contributed by atoms with Crippen LogP contribution in [0.25, 0.3) is 0 Å². The average Bonchev–Trinajstić information content (AvgIpc) is 3.20. The Bertz CT molecular complexity index is 424. The van der Waals surface area contributed by atoms with Crippen molar-refractivity contribution in [1.82, 2.24) is 5.32 Å². The molecule has 1 aliphatic carbocycles. The van der Waals surface area contributed by atoms with Crippen molar-refractivity contribution in [3.05, 3.63) is 35.9 Å². The molecule has 0 saturated heterocycles. The second-order valence-electron chi connectivity index (χ2n) is 6.26. The van der Waals surface area contributed by atoms with Crippen LogP contribution in [0.5, 0.6) is 0 Å². The van der Waals surface area contributed by atoms with Gasteiger partial charge in [-0.05, 0) is 30.7 Å². The Labute approximate surface area is 115 Å². The maximum atomic E-state index is 12.2. The molecule has 0 aromatic heterocycles. The van der Waals surface area contributed by atoms with E-state index in [0.717, 1.165) is 6.42 Å². The van der Waals surface area contributed by atoms with Gasteiger partial charge < -0.3 is 11.1 Å². The molecule has 0 bridgehead atoms. The molecule has 0 radical (unpaired) electrons. The number of nitrogens with one attached hydrogen (secondary N) is 1. The molecule has 104 valence electrons. The number of amides is 1. The van der Waals surface area contributed by atoms with Crippen LogP contribution in [0, 0.1) is 11.3 Å². The molecule has 1 aromatic rings. The molecule has 1 atom stereocenters. The van der Waals surface area contributed by atoms with Crippen molar-refractivity contribution in [2.75, 3.05) is 6.54 Å². The monoisotopic (exact) mass is 260 g/mol. The molecule has 0 heterocycles. The number of nitrogens with two attached hydrogens (primary N) is 1. The molecule has 3 heteroatoms. The summed E-state index contributed by atoms with van der Waals surface area (Å²) >= 11 is 0. The number of benzene rings is 1. The molecule has 0 aliphatic heterocycles. The van der Waals surface area contributed by atoms with Gasteiger partial charge in [0.15, 0.2) is 0 Å². The maximum absolute atomic E-state index is 12.2. The molecule has 19 heavy (non-hydrogen) atoms. The van der Waals surface area contributed by atoms with E-state index < -0.39 is 5.41 Å². The van der Waals surface area contributed by atoms with Gasteiger partial charge in [0.2, 0.25) is 5.91 Å². The lowest BCUT2D eigenvalue weighted by Gasteiger charge is -2.24. The number of rotatable bonds is 6. The molecule has 3 N–H and O–H groups in total. The van der Waals surface area contributed by atoms with Gasteiger partial charge in [-0.1, -0.05) is 44.2 Å². The van der Waals surface area contributed by atoms with Gasteiger partial charge in [0, 0.05) is 18.0 Å². The third kappa shape index (κ3) is 4.06. The van der Waals surface area contributed by atoms with E-state index in [1.807, 2.05) is 32.0 Å². The highest BCUT2D eigenvalue weighted by Gasteiger charge is 2.31. The topological polar surface area (TPSA) is 55.1 Å². The zero-order chi connectivity index (χ0) is 13.9. The zero-order valence-corrected chi connectivity index (χ0v) is 11.9. The summed E-state index contributed by atoms with van der Waals surface area (Å²) in [5.41, 5.74) is 6.80. The Hall–Kier alpha value is -1.35. The van der Waals surface area contributed by atoms with Crippen LogP contribution in [-0.4, -0.2) is 18.5 Å². The van der Waals surface area contributed by atoms with E-state index in [0.29, 0.717) is 12.5 Å². The van der Waals surface area contributed by atoms with Crippen molar-refractivity contribution in [2.45, 2.75) is 39.2 Å². The summed E-state index contributed by atoms with van der Waals surface area (Å²) in [6.45, 7) is 4.57. The number of carbonyl (C=O) groups is 1. The predicted octanol–water partition coefficient (Wildman–Crippen LogP) is 2.11. The van der Waals surface area contributed by atoms with E-state index in [1.165, 1.54) is 18.4 Å². The molecular formula is C16H24N2O. The van der Waals surface area contributed by atoms with Gasteiger partial charge in [-0.3, -0.25) is 4.79 Å². The van der Waals surface area contributed by atoms with Crippen LogP contribution >= 0.6 is 0 Å². The Kier molecular flexibility index (Phi) is 4.25. The molecule has 1 unspecified atom stereocenters. The number of carbonyl (C=O) groups excluding carboxylic acids is 1. The quantitative estimate of drug-likeness (QED) is 0.823. The summed E-state index contributed by atoms with van der Waals surface area (Å²) in [5, 5.41) is 3.00. The molecule has 0 spiro atoms. The minimum Gasteiger partial charge on any atom is -0.354 e. The lowest BCUT2D eigenvalue weighted by molar-refractivity contribution is -0.129. The fourth-order valence-electron chi connectivity index (χ4n) is 2.33. The largest absolute Gasteiger partial charge is 0.354 e. The molecule has 1 fully saturated rings. The Balaban J connectivity index is 1.85. The van der Waals surface area contributed by atoms with Crippen molar-refractivity contribution >= 4 is 5.91 Å². The van der Waals surface area contributed by atoms with Crippen molar-refractivity contribution in [2.24, 2.45) is 17.1 Å². The van der Waals surface area contributed by atoms with E-state index in [2.05, 4.69) is 17.4 Å². The van der Waals surface area contributed by atoms with Gasteiger partial charge in [-0.25, -0.2) is 0 Å². The summed E-state index contributed by atoms with van der Waals surface area (Å²) in [5.74, 6) is 0.713. The lowest BCUT2D eigenvalue weighted by Crippen LogP contribution is -2.44. The highest BCUT2D eigenvalue weighted by atomic mass is 16.2. The standard InChI is InChI=1S/C16H24N2O/c1-16(2,10-12-6-4-3-5-7-12)15(19)18-11-14(17)13-8-9-13/h3-7,13-14H,8-11,17H2,1-2H3,(H,18,19). The van der Waals surface area contributed by atoms with Crippen molar-refractivity contribution < 1.29 is 4.79 Å². The highest BCUT2D eigenvalue weighted by Crippen LogP contribution is 2.31. The third-order valence-corrected chi connectivity index (χ3v) is 3.83. The van der Waals surface area contributed by atoms with Gasteiger partial charge in [0.1, 0.15) is 0 Å². The second-order valence-corrected chi connectivity index (χ2v) is 6.26.